The Hall–Kier alpha value is -1.23. The van der Waals surface area contributed by atoms with Gasteiger partial charge in [0.1, 0.15) is 0 Å². The number of furan rings is 1. The van der Waals surface area contributed by atoms with Crippen LogP contribution in [0.4, 0.5) is 0 Å². The van der Waals surface area contributed by atoms with E-state index in [1.165, 1.54) is 0 Å². The van der Waals surface area contributed by atoms with Gasteiger partial charge in [-0.1, -0.05) is 23.7 Å². The molecule has 2 atom stereocenters. The molecule has 1 aromatic heterocycles. The van der Waals surface area contributed by atoms with Gasteiger partial charge in [-0.3, -0.25) is 4.79 Å². The summed E-state index contributed by atoms with van der Waals surface area (Å²) in [6.07, 6.45) is 2.15. The Morgan fingerprint density at radius 1 is 1.25 bits per heavy atom. The zero-order valence-corrected chi connectivity index (χ0v) is 15.3. The molecule has 6 heteroatoms. The van der Waals surface area contributed by atoms with Crippen molar-refractivity contribution in [2.45, 2.75) is 19.8 Å². The van der Waals surface area contributed by atoms with E-state index in [0.717, 1.165) is 50.0 Å². The van der Waals surface area contributed by atoms with Crippen molar-refractivity contribution in [2.24, 2.45) is 11.8 Å². The topological polar surface area (TPSA) is 45.5 Å². The summed E-state index contributed by atoms with van der Waals surface area (Å²) in [6, 6.07) is 5.64. The summed E-state index contributed by atoms with van der Waals surface area (Å²) >= 11 is 6.20. The first-order valence-electron chi connectivity index (χ1n) is 8.32. The SMILES string of the molecule is Cc1c(C(=O)N2CC[C@@H]3CNC[C@@H]3CC2)oc2c(Cl)cccc12.Cl. The van der Waals surface area contributed by atoms with E-state index in [4.69, 9.17) is 16.0 Å². The molecule has 1 N–H and O–H groups in total. The van der Waals surface area contributed by atoms with Gasteiger partial charge in [0.15, 0.2) is 11.3 Å². The van der Waals surface area contributed by atoms with Crippen LogP contribution in [0.25, 0.3) is 11.0 Å². The van der Waals surface area contributed by atoms with Crippen molar-refractivity contribution in [1.82, 2.24) is 10.2 Å². The molecule has 0 radical (unpaired) electrons. The highest BCUT2D eigenvalue weighted by Gasteiger charge is 2.33. The molecule has 0 saturated carbocycles. The molecule has 130 valence electrons. The fraction of sp³-hybridized carbons (Fsp3) is 0.500. The van der Waals surface area contributed by atoms with Crippen LogP contribution < -0.4 is 5.32 Å². The first-order chi connectivity index (χ1) is 11.1. The minimum absolute atomic E-state index is 0. The lowest BCUT2D eigenvalue weighted by Gasteiger charge is -2.20. The molecule has 2 aliphatic rings. The Labute approximate surface area is 152 Å². The predicted molar refractivity (Wildman–Crippen MR) is 98.2 cm³/mol. The summed E-state index contributed by atoms with van der Waals surface area (Å²) in [5.74, 6) is 1.86. The molecule has 4 nitrogen and oxygen atoms in total. The average molecular weight is 369 g/mol. The molecule has 3 heterocycles. The maximum atomic E-state index is 12.9. The fourth-order valence-electron chi connectivity index (χ4n) is 3.98. The first kappa shape index (κ1) is 17.6. The number of amides is 1. The van der Waals surface area contributed by atoms with Crippen LogP contribution in [0.15, 0.2) is 22.6 Å². The summed E-state index contributed by atoms with van der Waals surface area (Å²) in [7, 11) is 0. The number of benzene rings is 1. The van der Waals surface area contributed by atoms with Crippen molar-refractivity contribution < 1.29 is 9.21 Å². The summed E-state index contributed by atoms with van der Waals surface area (Å²) < 4.78 is 5.84. The Morgan fingerprint density at radius 3 is 2.54 bits per heavy atom. The van der Waals surface area contributed by atoms with Gasteiger partial charge in [0.25, 0.3) is 5.91 Å². The van der Waals surface area contributed by atoms with Crippen molar-refractivity contribution in [3.63, 3.8) is 0 Å². The minimum atomic E-state index is 0. The van der Waals surface area contributed by atoms with Gasteiger partial charge < -0.3 is 14.6 Å². The highest BCUT2D eigenvalue weighted by molar-refractivity contribution is 6.35. The average Bonchev–Trinajstić information content (AvgIpc) is 3.07. The van der Waals surface area contributed by atoms with Gasteiger partial charge in [-0.05, 0) is 50.8 Å². The van der Waals surface area contributed by atoms with Crippen LogP contribution in [0.2, 0.25) is 5.02 Å². The van der Waals surface area contributed by atoms with Gasteiger partial charge in [-0.25, -0.2) is 0 Å². The van der Waals surface area contributed by atoms with Crippen molar-refractivity contribution in [3.05, 3.63) is 34.5 Å². The minimum Gasteiger partial charge on any atom is -0.449 e. The van der Waals surface area contributed by atoms with Crippen LogP contribution in [0.1, 0.15) is 29.0 Å². The van der Waals surface area contributed by atoms with Crippen molar-refractivity contribution >= 4 is 40.9 Å². The summed E-state index contributed by atoms with van der Waals surface area (Å²) in [5, 5.41) is 4.95. The van der Waals surface area contributed by atoms with E-state index < -0.39 is 0 Å². The Balaban J connectivity index is 0.00000169. The van der Waals surface area contributed by atoms with E-state index >= 15 is 0 Å². The summed E-state index contributed by atoms with van der Waals surface area (Å²) in [4.78, 5) is 14.9. The molecule has 0 unspecified atom stereocenters. The number of likely N-dealkylation sites (tertiary alicyclic amines) is 1. The number of nitrogens with zero attached hydrogens (tertiary/aromatic N) is 1. The van der Waals surface area contributed by atoms with Crippen LogP contribution in [0.5, 0.6) is 0 Å². The number of nitrogens with one attached hydrogen (secondary N) is 1. The number of para-hydroxylation sites is 1. The van der Waals surface area contributed by atoms with Gasteiger partial charge in [-0.2, -0.15) is 0 Å². The maximum Gasteiger partial charge on any atom is 0.289 e. The molecule has 2 aliphatic heterocycles. The second-order valence-corrected chi connectivity index (χ2v) is 7.13. The second-order valence-electron chi connectivity index (χ2n) is 6.72. The molecular weight excluding hydrogens is 347 g/mol. The molecule has 2 fully saturated rings. The third-order valence-corrected chi connectivity index (χ3v) is 5.71. The second kappa shape index (κ2) is 6.95. The zero-order valence-electron chi connectivity index (χ0n) is 13.7. The van der Waals surface area contributed by atoms with Crippen LogP contribution in [0.3, 0.4) is 0 Å². The molecule has 2 aromatic rings. The third-order valence-electron chi connectivity index (χ3n) is 5.42. The fourth-order valence-corrected chi connectivity index (χ4v) is 4.19. The normalized spacial score (nSPS) is 23.7. The van der Waals surface area contributed by atoms with Gasteiger partial charge in [0, 0.05) is 24.0 Å². The van der Waals surface area contributed by atoms with Crippen molar-refractivity contribution in [2.75, 3.05) is 26.2 Å². The molecule has 0 aliphatic carbocycles. The third kappa shape index (κ3) is 2.92. The molecule has 4 rings (SSSR count). The molecule has 1 amide bonds. The number of hydrogen-bond acceptors (Lipinski definition) is 3. The molecule has 24 heavy (non-hydrogen) atoms. The quantitative estimate of drug-likeness (QED) is 0.830. The molecule has 1 aromatic carbocycles. The number of rotatable bonds is 1. The Kier molecular flexibility index (Phi) is 5.09. The van der Waals surface area contributed by atoms with E-state index in [9.17, 15) is 4.79 Å². The van der Waals surface area contributed by atoms with Crippen LogP contribution in [-0.2, 0) is 0 Å². The monoisotopic (exact) mass is 368 g/mol. The van der Waals surface area contributed by atoms with E-state index in [1.54, 1.807) is 6.07 Å². The van der Waals surface area contributed by atoms with Gasteiger partial charge in [0.05, 0.1) is 5.02 Å². The van der Waals surface area contributed by atoms with Crippen LogP contribution in [-0.4, -0.2) is 37.0 Å². The highest BCUT2D eigenvalue weighted by Crippen LogP contribution is 2.33. The van der Waals surface area contributed by atoms with Crippen molar-refractivity contribution in [3.8, 4) is 0 Å². The maximum absolute atomic E-state index is 12.9. The van der Waals surface area contributed by atoms with Gasteiger partial charge in [-0.15, -0.1) is 12.4 Å². The predicted octanol–water partition coefficient (Wildman–Crippen LogP) is 3.89. The number of hydrogen-bond donors (Lipinski definition) is 1. The number of carbonyl (C=O) groups is 1. The number of carbonyl (C=O) groups excluding carboxylic acids is 1. The highest BCUT2D eigenvalue weighted by atomic mass is 35.5. The number of fused-ring (bicyclic) bond motifs is 2. The smallest absolute Gasteiger partial charge is 0.289 e. The lowest BCUT2D eigenvalue weighted by atomic mass is 9.92. The number of aryl methyl sites for hydroxylation is 1. The molecule has 2 saturated heterocycles. The molecule has 0 spiro atoms. The summed E-state index contributed by atoms with van der Waals surface area (Å²) in [5.41, 5.74) is 1.50. The van der Waals surface area contributed by atoms with E-state index in [-0.39, 0.29) is 18.3 Å². The largest absolute Gasteiger partial charge is 0.449 e. The Morgan fingerprint density at radius 2 is 1.92 bits per heavy atom. The Bertz CT molecular complexity index is 745. The van der Waals surface area contributed by atoms with E-state index in [2.05, 4.69) is 5.32 Å². The van der Waals surface area contributed by atoms with E-state index in [1.807, 2.05) is 24.0 Å². The molecule has 0 bridgehead atoms. The van der Waals surface area contributed by atoms with Gasteiger partial charge in [0.2, 0.25) is 0 Å². The zero-order chi connectivity index (χ0) is 16.0. The van der Waals surface area contributed by atoms with Crippen LogP contribution >= 0.6 is 24.0 Å². The lowest BCUT2D eigenvalue weighted by Crippen LogP contribution is -2.32. The lowest BCUT2D eigenvalue weighted by molar-refractivity contribution is 0.0728. The number of halogens is 2. The molecular formula is C18H22Cl2N2O2. The standard InChI is InChI=1S/C18H21ClN2O2.ClH/c1-11-14-3-2-4-15(19)17(14)23-16(11)18(22)21-7-5-12-9-20-10-13(12)6-8-21;/h2-4,12-13,20H,5-10H2,1H3;1H/t12-,13+;. The van der Waals surface area contributed by atoms with E-state index in [0.29, 0.717) is 28.2 Å². The first-order valence-corrected chi connectivity index (χ1v) is 8.70. The summed E-state index contributed by atoms with van der Waals surface area (Å²) in [6.45, 7) is 5.74. The van der Waals surface area contributed by atoms with Gasteiger partial charge >= 0.3 is 0 Å². The van der Waals surface area contributed by atoms with Crippen LogP contribution in [0, 0.1) is 18.8 Å². The van der Waals surface area contributed by atoms with Crippen molar-refractivity contribution in [1.29, 1.82) is 0 Å².